The van der Waals surface area contributed by atoms with Crippen molar-refractivity contribution in [2.24, 2.45) is 17.3 Å². The normalized spacial score (nSPS) is 24.4. The maximum absolute atomic E-state index is 2.47. The van der Waals surface area contributed by atoms with Gasteiger partial charge in [-0.2, -0.15) is 0 Å². The Balaban J connectivity index is 2.39. The molecule has 18 heavy (non-hydrogen) atoms. The molecule has 2 atom stereocenters. The molecular weight excluding hydrogens is 216 g/mol. The molecular formula is C18H34. The first kappa shape index (κ1) is 15.8. The molecule has 0 radical (unpaired) electrons. The van der Waals surface area contributed by atoms with Gasteiger partial charge in [-0.1, -0.05) is 78.4 Å². The molecule has 0 saturated heterocycles. The zero-order chi connectivity index (χ0) is 13.4. The second kappa shape index (κ2) is 8.02. The van der Waals surface area contributed by atoms with Gasteiger partial charge in [-0.05, 0) is 36.5 Å². The third-order valence-electron chi connectivity index (χ3n) is 5.16. The van der Waals surface area contributed by atoms with E-state index in [0.717, 1.165) is 11.8 Å². The largest absolute Gasteiger partial charge is 0.0882 e. The van der Waals surface area contributed by atoms with E-state index < -0.39 is 0 Å². The van der Waals surface area contributed by atoms with Crippen molar-refractivity contribution >= 4 is 0 Å². The van der Waals surface area contributed by atoms with Crippen molar-refractivity contribution in [2.45, 2.75) is 85.5 Å². The van der Waals surface area contributed by atoms with Crippen LogP contribution in [0.1, 0.15) is 85.5 Å². The van der Waals surface area contributed by atoms with Crippen LogP contribution >= 0.6 is 0 Å². The first-order valence-corrected chi connectivity index (χ1v) is 8.26. The van der Waals surface area contributed by atoms with Gasteiger partial charge in [0.1, 0.15) is 0 Å². The molecule has 1 rings (SSSR count). The lowest BCUT2D eigenvalue weighted by Gasteiger charge is -2.40. The number of hydrogen-bond acceptors (Lipinski definition) is 0. The molecule has 1 aliphatic carbocycles. The van der Waals surface area contributed by atoms with Crippen LogP contribution in [-0.2, 0) is 0 Å². The Morgan fingerprint density at radius 1 is 0.944 bits per heavy atom. The summed E-state index contributed by atoms with van der Waals surface area (Å²) in [5.74, 6) is 1.87. The molecule has 106 valence electrons. The van der Waals surface area contributed by atoms with E-state index in [1.165, 1.54) is 57.8 Å². The fourth-order valence-electron chi connectivity index (χ4n) is 3.42. The minimum absolute atomic E-state index is 0.527. The Hall–Kier alpha value is -0.260. The molecule has 0 aromatic rings. The summed E-state index contributed by atoms with van der Waals surface area (Å²) in [7, 11) is 0. The van der Waals surface area contributed by atoms with Crippen molar-refractivity contribution in [2.75, 3.05) is 0 Å². The van der Waals surface area contributed by atoms with Crippen molar-refractivity contribution in [3.8, 4) is 0 Å². The quantitative estimate of drug-likeness (QED) is 0.347. The molecule has 0 amide bonds. The summed E-state index contributed by atoms with van der Waals surface area (Å²) in [5.41, 5.74) is 0.527. The van der Waals surface area contributed by atoms with Gasteiger partial charge in [-0.3, -0.25) is 0 Å². The molecule has 0 fully saturated rings. The van der Waals surface area contributed by atoms with E-state index in [2.05, 4.69) is 39.8 Å². The first-order chi connectivity index (χ1) is 8.61. The number of allylic oxidation sites excluding steroid dienone is 2. The summed E-state index contributed by atoms with van der Waals surface area (Å²) < 4.78 is 0. The maximum Gasteiger partial charge on any atom is -0.0297 e. The molecule has 0 bridgehead atoms. The third kappa shape index (κ3) is 4.78. The van der Waals surface area contributed by atoms with E-state index in [4.69, 9.17) is 0 Å². The highest BCUT2D eigenvalue weighted by atomic mass is 14.4. The van der Waals surface area contributed by atoms with Gasteiger partial charge < -0.3 is 0 Å². The van der Waals surface area contributed by atoms with Crippen LogP contribution < -0.4 is 0 Å². The van der Waals surface area contributed by atoms with E-state index in [0.29, 0.717) is 5.41 Å². The Morgan fingerprint density at radius 2 is 1.61 bits per heavy atom. The molecule has 1 aliphatic rings. The van der Waals surface area contributed by atoms with Crippen LogP contribution in [0.2, 0.25) is 0 Å². The Kier molecular flexibility index (Phi) is 7.04. The standard InChI is InChI=1S/C18H34/c1-5-7-8-9-10-13-16-14-11-12-15-17(16)18(3,4)6-2/h11-12,16-17H,5-10,13-15H2,1-4H3. The highest BCUT2D eigenvalue weighted by Gasteiger charge is 2.33. The monoisotopic (exact) mass is 250 g/mol. The molecule has 0 nitrogen and oxygen atoms in total. The van der Waals surface area contributed by atoms with Crippen molar-refractivity contribution in [1.82, 2.24) is 0 Å². The lowest BCUT2D eigenvalue weighted by Crippen LogP contribution is -2.31. The minimum Gasteiger partial charge on any atom is -0.0882 e. The number of rotatable bonds is 8. The topological polar surface area (TPSA) is 0 Å². The molecule has 0 saturated carbocycles. The zero-order valence-electron chi connectivity index (χ0n) is 13.2. The van der Waals surface area contributed by atoms with E-state index in [1.807, 2.05) is 0 Å². The lowest BCUT2D eigenvalue weighted by molar-refractivity contribution is 0.120. The third-order valence-corrected chi connectivity index (χ3v) is 5.16. The second-order valence-corrected chi connectivity index (χ2v) is 6.85. The SMILES string of the molecule is CCCCCCCC1CC=CCC1C(C)(C)CC. The predicted molar refractivity (Wildman–Crippen MR) is 82.8 cm³/mol. The molecule has 0 heteroatoms. The molecule has 0 aromatic heterocycles. The maximum atomic E-state index is 2.47. The van der Waals surface area contributed by atoms with E-state index in [-0.39, 0.29) is 0 Å². The van der Waals surface area contributed by atoms with Crippen molar-refractivity contribution < 1.29 is 0 Å². The molecule has 0 aliphatic heterocycles. The van der Waals surface area contributed by atoms with Crippen molar-refractivity contribution in [1.29, 1.82) is 0 Å². The van der Waals surface area contributed by atoms with Gasteiger partial charge in [0.05, 0.1) is 0 Å². The second-order valence-electron chi connectivity index (χ2n) is 6.85. The highest BCUT2D eigenvalue weighted by Crippen LogP contribution is 2.43. The van der Waals surface area contributed by atoms with Gasteiger partial charge in [-0.25, -0.2) is 0 Å². The van der Waals surface area contributed by atoms with Gasteiger partial charge in [0.25, 0.3) is 0 Å². The molecule has 0 N–H and O–H groups in total. The van der Waals surface area contributed by atoms with Gasteiger partial charge in [0.15, 0.2) is 0 Å². The molecule has 0 heterocycles. The summed E-state index contributed by atoms with van der Waals surface area (Å²) in [6.07, 6.45) is 17.4. The van der Waals surface area contributed by atoms with Crippen LogP contribution in [0.15, 0.2) is 12.2 Å². The van der Waals surface area contributed by atoms with Crippen LogP contribution in [0, 0.1) is 17.3 Å². The summed E-state index contributed by atoms with van der Waals surface area (Å²) in [4.78, 5) is 0. The van der Waals surface area contributed by atoms with Crippen LogP contribution in [-0.4, -0.2) is 0 Å². The van der Waals surface area contributed by atoms with Gasteiger partial charge >= 0.3 is 0 Å². The highest BCUT2D eigenvalue weighted by molar-refractivity contribution is 4.98. The average Bonchev–Trinajstić information content (AvgIpc) is 2.39. The molecule has 0 aromatic carbocycles. The number of unbranched alkanes of at least 4 members (excludes halogenated alkanes) is 4. The van der Waals surface area contributed by atoms with E-state index >= 15 is 0 Å². The first-order valence-electron chi connectivity index (χ1n) is 8.26. The molecule has 0 spiro atoms. The van der Waals surface area contributed by atoms with Gasteiger partial charge in [0, 0.05) is 0 Å². The summed E-state index contributed by atoms with van der Waals surface area (Å²) in [6.45, 7) is 9.60. The fourth-order valence-corrected chi connectivity index (χ4v) is 3.42. The summed E-state index contributed by atoms with van der Waals surface area (Å²) in [5, 5.41) is 0. The Labute approximate surface area is 115 Å². The predicted octanol–water partition coefficient (Wildman–Crippen LogP) is 6.37. The van der Waals surface area contributed by atoms with Gasteiger partial charge in [0.2, 0.25) is 0 Å². The summed E-state index contributed by atoms with van der Waals surface area (Å²) >= 11 is 0. The van der Waals surface area contributed by atoms with Gasteiger partial charge in [-0.15, -0.1) is 0 Å². The van der Waals surface area contributed by atoms with Crippen LogP contribution in [0.3, 0.4) is 0 Å². The van der Waals surface area contributed by atoms with E-state index in [9.17, 15) is 0 Å². The van der Waals surface area contributed by atoms with Crippen molar-refractivity contribution in [3.63, 3.8) is 0 Å². The van der Waals surface area contributed by atoms with Crippen LogP contribution in [0.25, 0.3) is 0 Å². The Bertz CT molecular complexity index is 236. The van der Waals surface area contributed by atoms with E-state index in [1.54, 1.807) is 0 Å². The fraction of sp³-hybridized carbons (Fsp3) is 0.889. The summed E-state index contributed by atoms with van der Waals surface area (Å²) in [6, 6.07) is 0. The van der Waals surface area contributed by atoms with Crippen molar-refractivity contribution in [3.05, 3.63) is 12.2 Å². The lowest BCUT2D eigenvalue weighted by atomic mass is 9.65. The van der Waals surface area contributed by atoms with Crippen LogP contribution in [0.4, 0.5) is 0 Å². The smallest absolute Gasteiger partial charge is 0.0297 e. The average molecular weight is 250 g/mol. The van der Waals surface area contributed by atoms with Crippen LogP contribution in [0.5, 0.6) is 0 Å². The zero-order valence-corrected chi connectivity index (χ0v) is 13.2. The molecule has 2 unspecified atom stereocenters. The number of hydrogen-bond donors (Lipinski definition) is 0. The minimum atomic E-state index is 0.527. The Morgan fingerprint density at radius 3 is 2.28 bits per heavy atom.